The van der Waals surface area contributed by atoms with Gasteiger partial charge in [0.2, 0.25) is 5.76 Å². The average Bonchev–Trinajstić information content (AvgIpc) is 3.17. The van der Waals surface area contributed by atoms with E-state index >= 15 is 0 Å². The Morgan fingerprint density at radius 2 is 1.74 bits per heavy atom. The number of rotatable bonds is 4. The molecule has 0 saturated heterocycles. The summed E-state index contributed by atoms with van der Waals surface area (Å²) < 4.78 is 21.3. The maximum absolute atomic E-state index is 12.3. The van der Waals surface area contributed by atoms with Crippen molar-refractivity contribution < 1.29 is 23.1 Å². The molecule has 136 valence electrons. The summed E-state index contributed by atoms with van der Waals surface area (Å²) in [5.74, 6) is 0.618. The first kappa shape index (κ1) is 16.9. The van der Waals surface area contributed by atoms with Crippen molar-refractivity contribution in [2.45, 2.75) is 13.5 Å². The van der Waals surface area contributed by atoms with Crippen LogP contribution in [0.1, 0.15) is 21.9 Å². The number of methoxy groups -OCH3 is 1. The van der Waals surface area contributed by atoms with Crippen LogP contribution in [0, 0.1) is 6.92 Å². The van der Waals surface area contributed by atoms with Crippen LogP contribution in [0.15, 0.2) is 62.2 Å². The smallest absolute Gasteiger partial charge is 0.373 e. The Bertz CT molecular complexity index is 1210. The topological polar surface area (TPSA) is 78.9 Å². The van der Waals surface area contributed by atoms with Crippen LogP contribution in [0.25, 0.3) is 21.7 Å². The lowest BCUT2D eigenvalue weighted by atomic mass is 10.0. The normalized spacial score (nSPS) is 11.0. The molecule has 0 amide bonds. The molecule has 4 aromatic rings. The Hall–Kier alpha value is -3.54. The summed E-state index contributed by atoms with van der Waals surface area (Å²) in [5, 5.41) is 2.23. The quantitative estimate of drug-likeness (QED) is 0.307. The molecule has 2 heterocycles. The number of hydrogen-bond donors (Lipinski definition) is 0. The molecule has 6 heteroatoms. The number of fused-ring (bicyclic) bond motifs is 3. The number of carbonyl (C=O) groups excluding carboxylic acids is 1. The number of furan rings is 1. The Morgan fingerprint density at radius 1 is 0.963 bits per heavy atom. The Balaban J connectivity index is 1.68. The second kappa shape index (κ2) is 6.64. The molecule has 0 radical (unpaired) electrons. The van der Waals surface area contributed by atoms with Crippen LogP contribution in [0.3, 0.4) is 0 Å². The molecular formula is C21H16O6. The molecule has 0 aliphatic heterocycles. The zero-order valence-electron chi connectivity index (χ0n) is 14.8. The number of carbonyl (C=O) groups is 1. The van der Waals surface area contributed by atoms with Crippen LogP contribution in [-0.4, -0.2) is 13.1 Å². The minimum absolute atomic E-state index is 0.115. The van der Waals surface area contributed by atoms with Gasteiger partial charge in [0.1, 0.15) is 23.7 Å². The number of aryl methyl sites for hydroxylation is 1. The van der Waals surface area contributed by atoms with Gasteiger partial charge in [0.05, 0.1) is 12.5 Å². The van der Waals surface area contributed by atoms with E-state index in [0.717, 1.165) is 16.3 Å². The highest BCUT2D eigenvalue weighted by Gasteiger charge is 2.14. The fourth-order valence-electron chi connectivity index (χ4n) is 3.03. The zero-order valence-corrected chi connectivity index (χ0v) is 14.8. The van der Waals surface area contributed by atoms with Gasteiger partial charge in [-0.05, 0) is 42.6 Å². The second-order valence-corrected chi connectivity index (χ2v) is 6.05. The minimum atomic E-state index is -0.545. The van der Waals surface area contributed by atoms with E-state index < -0.39 is 5.97 Å². The molecule has 4 rings (SSSR count). The molecule has 27 heavy (non-hydrogen) atoms. The van der Waals surface area contributed by atoms with E-state index in [9.17, 15) is 9.59 Å². The monoisotopic (exact) mass is 364 g/mol. The lowest BCUT2D eigenvalue weighted by Gasteiger charge is -2.11. The van der Waals surface area contributed by atoms with Crippen molar-refractivity contribution in [1.29, 1.82) is 0 Å². The van der Waals surface area contributed by atoms with E-state index in [4.69, 9.17) is 13.6 Å². The molecular weight excluding hydrogens is 348 g/mol. The van der Waals surface area contributed by atoms with Gasteiger partial charge in [0.25, 0.3) is 0 Å². The van der Waals surface area contributed by atoms with Crippen molar-refractivity contribution in [1.82, 2.24) is 0 Å². The standard InChI is InChI=1S/C21H16O6/c1-12-17(25-11-13-7-9-18(26-13)21(23)24-2)10-8-15-14-5-3-4-6-16(14)20(22)27-19(12)15/h3-10H,11H2,1-2H3. The fourth-order valence-corrected chi connectivity index (χ4v) is 3.03. The van der Waals surface area contributed by atoms with Gasteiger partial charge in [0.15, 0.2) is 0 Å². The largest absolute Gasteiger partial charge is 0.485 e. The summed E-state index contributed by atoms with van der Waals surface area (Å²) in [4.78, 5) is 23.7. The van der Waals surface area contributed by atoms with Gasteiger partial charge in [0, 0.05) is 10.9 Å². The van der Waals surface area contributed by atoms with Crippen LogP contribution in [0.5, 0.6) is 5.75 Å². The lowest BCUT2D eigenvalue weighted by Crippen LogP contribution is -2.02. The fraction of sp³-hybridized carbons (Fsp3) is 0.143. The molecule has 0 fully saturated rings. The molecule has 0 unspecified atom stereocenters. The molecule has 0 saturated carbocycles. The molecule has 2 aromatic heterocycles. The first-order valence-corrected chi connectivity index (χ1v) is 8.33. The summed E-state index contributed by atoms with van der Waals surface area (Å²) in [7, 11) is 1.29. The highest BCUT2D eigenvalue weighted by atomic mass is 16.5. The highest BCUT2D eigenvalue weighted by molar-refractivity contribution is 6.05. The van der Waals surface area contributed by atoms with Crippen molar-refractivity contribution in [3.8, 4) is 5.75 Å². The van der Waals surface area contributed by atoms with Crippen LogP contribution in [-0.2, 0) is 11.3 Å². The number of hydrogen-bond acceptors (Lipinski definition) is 6. The Labute approximate surface area is 153 Å². The van der Waals surface area contributed by atoms with E-state index in [1.807, 2.05) is 31.2 Å². The van der Waals surface area contributed by atoms with E-state index in [2.05, 4.69) is 4.74 Å². The maximum atomic E-state index is 12.3. The molecule has 0 aliphatic rings. The van der Waals surface area contributed by atoms with E-state index in [1.165, 1.54) is 13.2 Å². The maximum Gasteiger partial charge on any atom is 0.373 e. The summed E-state index contributed by atoms with van der Waals surface area (Å²) in [6, 6.07) is 14.2. The third kappa shape index (κ3) is 2.95. The third-order valence-electron chi connectivity index (χ3n) is 4.41. The van der Waals surface area contributed by atoms with Crippen LogP contribution in [0.4, 0.5) is 0 Å². The lowest BCUT2D eigenvalue weighted by molar-refractivity contribution is 0.0561. The summed E-state index contributed by atoms with van der Waals surface area (Å²) in [6.45, 7) is 1.96. The van der Waals surface area contributed by atoms with Crippen molar-refractivity contribution in [3.63, 3.8) is 0 Å². The van der Waals surface area contributed by atoms with Crippen molar-refractivity contribution >= 4 is 27.7 Å². The van der Waals surface area contributed by atoms with Crippen molar-refractivity contribution in [3.05, 3.63) is 76.0 Å². The van der Waals surface area contributed by atoms with Crippen LogP contribution < -0.4 is 10.4 Å². The first-order valence-electron chi connectivity index (χ1n) is 8.33. The number of ether oxygens (including phenoxy) is 2. The second-order valence-electron chi connectivity index (χ2n) is 6.05. The molecule has 0 atom stereocenters. The van der Waals surface area contributed by atoms with Gasteiger partial charge in [-0.15, -0.1) is 0 Å². The number of benzene rings is 2. The van der Waals surface area contributed by atoms with Crippen molar-refractivity contribution in [2.24, 2.45) is 0 Å². The molecule has 0 spiro atoms. The first-order chi connectivity index (χ1) is 13.1. The Kier molecular flexibility index (Phi) is 4.16. The van der Waals surface area contributed by atoms with Crippen molar-refractivity contribution in [2.75, 3.05) is 7.11 Å². The van der Waals surface area contributed by atoms with Gasteiger partial charge in [-0.3, -0.25) is 0 Å². The predicted octanol–water partition coefficient (Wildman–Crippen LogP) is 4.21. The third-order valence-corrected chi connectivity index (χ3v) is 4.41. The highest BCUT2D eigenvalue weighted by Crippen LogP contribution is 2.31. The summed E-state index contributed by atoms with van der Waals surface area (Å²) in [5.41, 5.74) is 0.827. The van der Waals surface area contributed by atoms with E-state index in [1.54, 1.807) is 18.2 Å². The number of esters is 1. The SMILES string of the molecule is COC(=O)c1ccc(COc2ccc3c(oc(=O)c4ccccc43)c2C)o1. The summed E-state index contributed by atoms with van der Waals surface area (Å²) in [6.07, 6.45) is 0. The van der Waals surface area contributed by atoms with Gasteiger partial charge in [-0.2, -0.15) is 0 Å². The van der Waals surface area contributed by atoms with Gasteiger partial charge >= 0.3 is 11.6 Å². The molecule has 0 N–H and O–H groups in total. The van der Waals surface area contributed by atoms with Gasteiger partial charge < -0.3 is 18.3 Å². The predicted molar refractivity (Wildman–Crippen MR) is 99.1 cm³/mol. The molecule has 6 nitrogen and oxygen atoms in total. The molecule has 0 bridgehead atoms. The van der Waals surface area contributed by atoms with E-state index in [0.29, 0.717) is 22.5 Å². The van der Waals surface area contributed by atoms with E-state index in [-0.39, 0.29) is 18.0 Å². The average molecular weight is 364 g/mol. The Morgan fingerprint density at radius 3 is 2.52 bits per heavy atom. The zero-order chi connectivity index (χ0) is 19.0. The molecule has 2 aromatic carbocycles. The summed E-state index contributed by atoms with van der Waals surface area (Å²) >= 11 is 0. The van der Waals surface area contributed by atoms with Gasteiger partial charge in [-0.1, -0.05) is 18.2 Å². The molecule has 0 aliphatic carbocycles. The van der Waals surface area contributed by atoms with Gasteiger partial charge in [-0.25, -0.2) is 9.59 Å². The van der Waals surface area contributed by atoms with Crippen LogP contribution in [0.2, 0.25) is 0 Å². The minimum Gasteiger partial charge on any atom is -0.485 e. The van der Waals surface area contributed by atoms with Crippen LogP contribution >= 0.6 is 0 Å².